The van der Waals surface area contributed by atoms with Gasteiger partial charge >= 0.3 is 0 Å². The van der Waals surface area contributed by atoms with Gasteiger partial charge in [0.1, 0.15) is 11.6 Å². The zero-order chi connectivity index (χ0) is 18.0. The summed E-state index contributed by atoms with van der Waals surface area (Å²) in [6.45, 7) is 4.63. The number of ether oxygens (including phenoxy) is 1. The maximum atomic E-state index is 13.3. The van der Waals surface area contributed by atoms with E-state index in [4.69, 9.17) is 4.74 Å². The van der Waals surface area contributed by atoms with Crippen molar-refractivity contribution in [2.45, 2.75) is 13.8 Å². The number of carbonyl (C=O) groups excluding carboxylic acids is 2. The van der Waals surface area contributed by atoms with Crippen LogP contribution in [0.4, 0.5) is 15.8 Å². The van der Waals surface area contributed by atoms with Crippen molar-refractivity contribution in [2.24, 2.45) is 5.92 Å². The number of hydrogen-bond acceptors (Lipinski definition) is 3. The number of nitrogens with zero attached hydrogens (tertiary/aromatic N) is 1. The zero-order valence-electron chi connectivity index (χ0n) is 14.1. The lowest BCUT2D eigenvalue weighted by atomic mass is 10.1. The third-order valence-corrected chi connectivity index (χ3v) is 3.79. The zero-order valence-corrected chi connectivity index (χ0v) is 14.1. The van der Waals surface area contributed by atoms with E-state index in [-0.39, 0.29) is 18.1 Å². The number of fused-ring (bicyclic) bond motifs is 1. The number of nitrogens with one attached hydrogen (secondary N) is 1. The fraction of sp³-hybridized carbons (Fsp3) is 0.263. The first-order valence-corrected chi connectivity index (χ1v) is 8.08. The molecular weight excluding hydrogens is 323 g/mol. The van der Waals surface area contributed by atoms with Gasteiger partial charge in [0.25, 0.3) is 11.8 Å². The first-order valence-electron chi connectivity index (χ1n) is 8.08. The average molecular weight is 342 g/mol. The minimum atomic E-state index is -0.472. The van der Waals surface area contributed by atoms with Gasteiger partial charge in [0.2, 0.25) is 0 Å². The Labute approximate surface area is 145 Å². The van der Waals surface area contributed by atoms with E-state index in [0.717, 1.165) is 0 Å². The van der Waals surface area contributed by atoms with E-state index >= 15 is 0 Å². The summed E-state index contributed by atoms with van der Waals surface area (Å²) in [6, 6.07) is 10.6. The van der Waals surface area contributed by atoms with Gasteiger partial charge in [-0.25, -0.2) is 4.39 Å². The molecule has 0 spiro atoms. The van der Waals surface area contributed by atoms with Crippen LogP contribution in [0.15, 0.2) is 42.5 Å². The molecule has 5 nitrogen and oxygen atoms in total. The van der Waals surface area contributed by atoms with Crippen LogP contribution in [-0.2, 0) is 4.79 Å². The van der Waals surface area contributed by atoms with Crippen molar-refractivity contribution < 1.29 is 18.7 Å². The Morgan fingerprint density at radius 2 is 2.08 bits per heavy atom. The highest BCUT2D eigenvalue weighted by atomic mass is 19.1. The molecule has 2 aromatic rings. The van der Waals surface area contributed by atoms with Crippen molar-refractivity contribution in [2.75, 3.05) is 23.4 Å². The average Bonchev–Trinajstić information content (AvgIpc) is 2.57. The van der Waals surface area contributed by atoms with Crippen LogP contribution in [-0.4, -0.2) is 25.0 Å². The molecule has 2 aromatic carbocycles. The molecule has 0 atom stereocenters. The number of anilines is 2. The Morgan fingerprint density at radius 3 is 2.80 bits per heavy atom. The quantitative estimate of drug-likeness (QED) is 0.926. The third-order valence-electron chi connectivity index (χ3n) is 3.79. The molecule has 0 radical (unpaired) electrons. The maximum Gasteiger partial charge on any atom is 0.265 e. The summed E-state index contributed by atoms with van der Waals surface area (Å²) >= 11 is 0. The SMILES string of the molecule is CC(C)CN1C(=O)COc2ccc(NC(=O)c3cccc(F)c3)cc21. The predicted molar refractivity (Wildman–Crippen MR) is 93.5 cm³/mol. The second-order valence-electron chi connectivity index (χ2n) is 6.33. The minimum absolute atomic E-state index is 0.00865. The van der Waals surface area contributed by atoms with Crippen LogP contribution >= 0.6 is 0 Å². The molecule has 0 aliphatic carbocycles. The van der Waals surface area contributed by atoms with Crippen molar-refractivity contribution in [3.05, 3.63) is 53.8 Å². The maximum absolute atomic E-state index is 13.3. The molecule has 2 amide bonds. The summed E-state index contributed by atoms with van der Waals surface area (Å²) in [5.74, 6) is -0.114. The van der Waals surface area contributed by atoms with Gasteiger partial charge in [0, 0.05) is 17.8 Å². The molecule has 1 heterocycles. The summed E-state index contributed by atoms with van der Waals surface area (Å²) < 4.78 is 18.7. The van der Waals surface area contributed by atoms with Crippen LogP contribution in [0, 0.1) is 11.7 Å². The molecule has 130 valence electrons. The molecule has 0 saturated carbocycles. The molecule has 0 aromatic heterocycles. The van der Waals surface area contributed by atoms with Crippen LogP contribution < -0.4 is 15.0 Å². The van der Waals surface area contributed by atoms with E-state index in [2.05, 4.69) is 5.32 Å². The Balaban J connectivity index is 1.86. The molecule has 25 heavy (non-hydrogen) atoms. The van der Waals surface area contributed by atoms with Gasteiger partial charge in [-0.3, -0.25) is 9.59 Å². The Morgan fingerprint density at radius 1 is 1.28 bits per heavy atom. The fourth-order valence-corrected chi connectivity index (χ4v) is 2.68. The number of halogens is 1. The molecule has 0 unspecified atom stereocenters. The fourth-order valence-electron chi connectivity index (χ4n) is 2.68. The summed E-state index contributed by atoms with van der Waals surface area (Å²) in [7, 11) is 0. The summed E-state index contributed by atoms with van der Waals surface area (Å²) in [5.41, 5.74) is 1.37. The molecule has 1 N–H and O–H groups in total. The second kappa shape index (κ2) is 6.93. The molecule has 6 heteroatoms. The normalized spacial score (nSPS) is 13.4. The summed E-state index contributed by atoms with van der Waals surface area (Å²) in [4.78, 5) is 26.1. The highest BCUT2D eigenvalue weighted by molar-refractivity contribution is 6.05. The van der Waals surface area contributed by atoms with E-state index in [1.54, 1.807) is 23.1 Å². The van der Waals surface area contributed by atoms with E-state index in [9.17, 15) is 14.0 Å². The van der Waals surface area contributed by atoms with Crippen LogP contribution in [0.25, 0.3) is 0 Å². The van der Waals surface area contributed by atoms with Crippen LogP contribution in [0.2, 0.25) is 0 Å². The van der Waals surface area contributed by atoms with Gasteiger partial charge < -0.3 is 15.0 Å². The van der Waals surface area contributed by atoms with Crippen molar-refractivity contribution in [1.29, 1.82) is 0 Å². The minimum Gasteiger partial charge on any atom is -0.482 e. The smallest absolute Gasteiger partial charge is 0.265 e. The largest absolute Gasteiger partial charge is 0.482 e. The lowest BCUT2D eigenvalue weighted by Crippen LogP contribution is -2.41. The second-order valence-corrected chi connectivity index (χ2v) is 6.33. The number of rotatable bonds is 4. The predicted octanol–water partition coefficient (Wildman–Crippen LogP) is 3.46. The van der Waals surface area contributed by atoms with E-state index in [1.165, 1.54) is 24.3 Å². The monoisotopic (exact) mass is 342 g/mol. The lowest BCUT2D eigenvalue weighted by molar-refractivity contribution is -0.121. The highest BCUT2D eigenvalue weighted by Gasteiger charge is 2.26. The molecule has 0 fully saturated rings. The van der Waals surface area contributed by atoms with Crippen molar-refractivity contribution in [3.63, 3.8) is 0 Å². The molecule has 0 saturated heterocycles. The van der Waals surface area contributed by atoms with Gasteiger partial charge in [-0.1, -0.05) is 19.9 Å². The number of amides is 2. The summed E-state index contributed by atoms with van der Waals surface area (Å²) in [6.07, 6.45) is 0. The Bertz CT molecular complexity index is 820. The topological polar surface area (TPSA) is 58.6 Å². The van der Waals surface area contributed by atoms with Gasteiger partial charge in [-0.15, -0.1) is 0 Å². The Hall–Kier alpha value is -2.89. The first-order chi connectivity index (χ1) is 11.9. The van der Waals surface area contributed by atoms with Crippen molar-refractivity contribution in [3.8, 4) is 5.75 Å². The van der Waals surface area contributed by atoms with Gasteiger partial charge in [0.05, 0.1) is 5.69 Å². The van der Waals surface area contributed by atoms with Gasteiger partial charge in [0.15, 0.2) is 6.61 Å². The number of hydrogen-bond donors (Lipinski definition) is 1. The molecule has 1 aliphatic rings. The molecule has 1 aliphatic heterocycles. The van der Waals surface area contributed by atoms with Gasteiger partial charge in [-0.05, 0) is 42.3 Å². The van der Waals surface area contributed by atoms with E-state index in [0.29, 0.717) is 29.6 Å². The van der Waals surface area contributed by atoms with Crippen LogP contribution in [0.3, 0.4) is 0 Å². The Kier molecular flexibility index (Phi) is 4.70. The van der Waals surface area contributed by atoms with E-state index in [1.807, 2.05) is 13.8 Å². The van der Waals surface area contributed by atoms with Crippen LogP contribution in [0.1, 0.15) is 24.2 Å². The first kappa shape index (κ1) is 17.0. The highest BCUT2D eigenvalue weighted by Crippen LogP contribution is 2.35. The van der Waals surface area contributed by atoms with Crippen molar-refractivity contribution >= 4 is 23.2 Å². The van der Waals surface area contributed by atoms with Crippen molar-refractivity contribution in [1.82, 2.24) is 0 Å². The molecular formula is C19H19FN2O3. The van der Waals surface area contributed by atoms with Gasteiger partial charge in [-0.2, -0.15) is 0 Å². The van der Waals surface area contributed by atoms with E-state index < -0.39 is 11.7 Å². The third kappa shape index (κ3) is 3.79. The standard InChI is InChI=1S/C19H19FN2O3/c1-12(2)10-22-16-9-15(6-7-17(16)25-11-18(22)23)21-19(24)13-4-3-5-14(20)8-13/h3-9,12H,10-11H2,1-2H3,(H,21,24). The number of benzene rings is 2. The summed E-state index contributed by atoms with van der Waals surface area (Å²) in [5, 5.41) is 2.73. The molecule has 3 rings (SSSR count). The molecule has 0 bridgehead atoms. The van der Waals surface area contributed by atoms with Crippen LogP contribution in [0.5, 0.6) is 5.75 Å². The lowest BCUT2D eigenvalue weighted by Gasteiger charge is -2.31. The number of carbonyl (C=O) groups is 2.